The van der Waals surface area contributed by atoms with E-state index in [0.717, 1.165) is 11.1 Å². The van der Waals surface area contributed by atoms with Crippen LogP contribution in [-0.4, -0.2) is 31.9 Å². The summed E-state index contributed by atoms with van der Waals surface area (Å²) >= 11 is 0. The predicted molar refractivity (Wildman–Crippen MR) is 98.1 cm³/mol. The first kappa shape index (κ1) is 17.4. The van der Waals surface area contributed by atoms with Gasteiger partial charge >= 0.3 is 0 Å². The van der Waals surface area contributed by atoms with Crippen LogP contribution in [0.2, 0.25) is 0 Å². The van der Waals surface area contributed by atoms with E-state index in [1.54, 1.807) is 44.6 Å². The smallest absolute Gasteiger partial charge is 0.243 e. The molecule has 0 aliphatic heterocycles. The lowest BCUT2D eigenvalue weighted by Crippen LogP contribution is -2.26. The average Bonchev–Trinajstić information content (AvgIpc) is 2.62. The van der Waals surface area contributed by atoms with E-state index in [1.165, 1.54) is 4.31 Å². The van der Waals surface area contributed by atoms with Gasteiger partial charge in [-0.05, 0) is 48.4 Å². The molecule has 3 aromatic rings. The Morgan fingerprint density at radius 3 is 2.68 bits per heavy atom. The number of sulfonamides is 1. The van der Waals surface area contributed by atoms with Crippen LogP contribution in [0.5, 0.6) is 5.75 Å². The highest BCUT2D eigenvalue weighted by atomic mass is 32.2. The van der Waals surface area contributed by atoms with E-state index in [0.29, 0.717) is 16.7 Å². The van der Waals surface area contributed by atoms with Crippen molar-refractivity contribution in [3.05, 3.63) is 65.9 Å². The van der Waals surface area contributed by atoms with Gasteiger partial charge in [0.05, 0.1) is 17.5 Å². The maximum atomic E-state index is 13.1. The predicted octanol–water partition coefficient (Wildman–Crippen LogP) is 3.37. The third-order valence-electron chi connectivity index (χ3n) is 4.16. The SMILES string of the molecule is COc1cccc(CN(C)S(=O)(=O)c2ccc(C)c3ncccc23)c1. The van der Waals surface area contributed by atoms with Crippen molar-refractivity contribution < 1.29 is 13.2 Å². The van der Waals surface area contributed by atoms with Crippen LogP contribution in [0.1, 0.15) is 11.1 Å². The molecule has 0 radical (unpaired) electrons. The van der Waals surface area contributed by atoms with Gasteiger partial charge in [0.2, 0.25) is 10.0 Å². The van der Waals surface area contributed by atoms with Crippen molar-refractivity contribution in [2.45, 2.75) is 18.4 Å². The summed E-state index contributed by atoms with van der Waals surface area (Å²) < 4.78 is 32.7. The van der Waals surface area contributed by atoms with Crippen LogP contribution in [-0.2, 0) is 16.6 Å². The molecule has 0 fully saturated rings. The number of benzene rings is 2. The Bertz CT molecular complexity index is 1020. The Morgan fingerprint density at radius 1 is 1.12 bits per heavy atom. The summed E-state index contributed by atoms with van der Waals surface area (Å²) in [6.45, 7) is 2.18. The van der Waals surface area contributed by atoms with E-state index in [1.807, 2.05) is 31.2 Å². The monoisotopic (exact) mass is 356 g/mol. The van der Waals surface area contributed by atoms with Crippen molar-refractivity contribution in [2.24, 2.45) is 0 Å². The number of hydrogen-bond acceptors (Lipinski definition) is 4. The van der Waals surface area contributed by atoms with Crippen molar-refractivity contribution in [2.75, 3.05) is 14.2 Å². The number of aryl methyl sites for hydroxylation is 1. The molecule has 0 bridgehead atoms. The third-order valence-corrected chi connectivity index (χ3v) is 6.02. The largest absolute Gasteiger partial charge is 0.497 e. The molecule has 1 heterocycles. The molecule has 6 heteroatoms. The Hall–Kier alpha value is -2.44. The number of fused-ring (bicyclic) bond motifs is 1. The lowest BCUT2D eigenvalue weighted by Gasteiger charge is -2.19. The number of rotatable bonds is 5. The quantitative estimate of drug-likeness (QED) is 0.703. The lowest BCUT2D eigenvalue weighted by molar-refractivity contribution is 0.412. The molecule has 0 aliphatic rings. The number of methoxy groups -OCH3 is 1. The minimum Gasteiger partial charge on any atom is -0.497 e. The molecule has 0 aliphatic carbocycles. The number of hydrogen-bond donors (Lipinski definition) is 0. The van der Waals surface area contributed by atoms with Crippen molar-refractivity contribution in [3.63, 3.8) is 0 Å². The van der Waals surface area contributed by atoms with Gasteiger partial charge in [-0.1, -0.05) is 18.2 Å². The fourth-order valence-electron chi connectivity index (χ4n) is 2.79. The Balaban J connectivity index is 2.00. The maximum Gasteiger partial charge on any atom is 0.243 e. The van der Waals surface area contributed by atoms with Gasteiger partial charge in [0.15, 0.2) is 0 Å². The first-order chi connectivity index (χ1) is 11.9. The zero-order chi connectivity index (χ0) is 18.0. The third kappa shape index (κ3) is 3.36. The Labute approximate surface area is 147 Å². The summed E-state index contributed by atoms with van der Waals surface area (Å²) in [5.41, 5.74) is 2.52. The molecule has 2 aromatic carbocycles. The molecule has 5 nitrogen and oxygen atoms in total. The Morgan fingerprint density at radius 2 is 1.92 bits per heavy atom. The van der Waals surface area contributed by atoms with E-state index in [9.17, 15) is 8.42 Å². The minimum absolute atomic E-state index is 0.259. The maximum absolute atomic E-state index is 13.1. The van der Waals surface area contributed by atoms with E-state index >= 15 is 0 Å². The molecule has 0 unspecified atom stereocenters. The molecule has 0 amide bonds. The van der Waals surface area contributed by atoms with Gasteiger partial charge in [-0.2, -0.15) is 4.31 Å². The van der Waals surface area contributed by atoms with Crippen molar-refractivity contribution in [1.29, 1.82) is 0 Å². The summed E-state index contributed by atoms with van der Waals surface area (Å²) in [6.07, 6.45) is 1.67. The van der Waals surface area contributed by atoms with Crippen LogP contribution in [0.4, 0.5) is 0 Å². The van der Waals surface area contributed by atoms with Crippen LogP contribution in [0, 0.1) is 6.92 Å². The highest BCUT2D eigenvalue weighted by molar-refractivity contribution is 7.89. The van der Waals surface area contributed by atoms with Crippen LogP contribution < -0.4 is 4.74 Å². The van der Waals surface area contributed by atoms with Gasteiger partial charge < -0.3 is 4.74 Å². The summed E-state index contributed by atoms with van der Waals surface area (Å²) in [7, 11) is -0.479. The highest BCUT2D eigenvalue weighted by Gasteiger charge is 2.24. The number of nitrogens with zero attached hydrogens (tertiary/aromatic N) is 2. The van der Waals surface area contributed by atoms with E-state index in [2.05, 4.69) is 4.98 Å². The molecular weight excluding hydrogens is 336 g/mol. The molecule has 0 atom stereocenters. The van der Waals surface area contributed by atoms with Gasteiger partial charge in [0.1, 0.15) is 5.75 Å². The molecule has 0 spiro atoms. The first-order valence-corrected chi connectivity index (χ1v) is 9.31. The molecule has 25 heavy (non-hydrogen) atoms. The molecule has 0 saturated carbocycles. The van der Waals surface area contributed by atoms with Gasteiger partial charge in [0, 0.05) is 25.2 Å². The van der Waals surface area contributed by atoms with Crippen LogP contribution in [0.3, 0.4) is 0 Å². The van der Waals surface area contributed by atoms with Gasteiger partial charge in [0.25, 0.3) is 0 Å². The molecule has 130 valence electrons. The van der Waals surface area contributed by atoms with Gasteiger partial charge in [-0.3, -0.25) is 4.98 Å². The zero-order valence-electron chi connectivity index (χ0n) is 14.4. The first-order valence-electron chi connectivity index (χ1n) is 7.87. The van der Waals surface area contributed by atoms with Gasteiger partial charge in [-0.15, -0.1) is 0 Å². The molecule has 1 aromatic heterocycles. The molecule has 0 N–H and O–H groups in total. The average molecular weight is 356 g/mol. The van der Waals surface area contributed by atoms with Crippen LogP contribution in [0.25, 0.3) is 10.9 Å². The second-order valence-electron chi connectivity index (χ2n) is 5.89. The summed E-state index contributed by atoms with van der Waals surface area (Å²) in [4.78, 5) is 4.59. The summed E-state index contributed by atoms with van der Waals surface area (Å²) in [5, 5.41) is 0.639. The fourth-order valence-corrected chi connectivity index (χ4v) is 4.13. The zero-order valence-corrected chi connectivity index (χ0v) is 15.2. The van der Waals surface area contributed by atoms with Crippen molar-refractivity contribution in [1.82, 2.24) is 9.29 Å². The summed E-state index contributed by atoms with van der Waals surface area (Å²) in [5.74, 6) is 0.702. The van der Waals surface area contributed by atoms with Gasteiger partial charge in [-0.25, -0.2) is 8.42 Å². The van der Waals surface area contributed by atoms with Crippen LogP contribution >= 0.6 is 0 Å². The normalized spacial score (nSPS) is 11.8. The number of ether oxygens (including phenoxy) is 1. The highest BCUT2D eigenvalue weighted by Crippen LogP contribution is 2.27. The minimum atomic E-state index is -3.65. The molecule has 3 rings (SSSR count). The van der Waals surface area contributed by atoms with Crippen molar-refractivity contribution in [3.8, 4) is 5.75 Å². The van der Waals surface area contributed by atoms with E-state index in [4.69, 9.17) is 4.74 Å². The fraction of sp³-hybridized carbons (Fsp3) is 0.211. The Kier molecular flexibility index (Phi) is 4.74. The van der Waals surface area contributed by atoms with Crippen LogP contribution in [0.15, 0.2) is 59.6 Å². The summed E-state index contributed by atoms with van der Waals surface area (Å²) in [6, 6.07) is 14.4. The number of pyridine rings is 1. The molecule has 0 saturated heterocycles. The molecular formula is C19H20N2O3S. The second kappa shape index (κ2) is 6.82. The van der Waals surface area contributed by atoms with E-state index in [-0.39, 0.29) is 11.4 Å². The lowest BCUT2D eigenvalue weighted by atomic mass is 10.1. The van der Waals surface area contributed by atoms with Crippen molar-refractivity contribution >= 4 is 20.9 Å². The standard InChI is InChI=1S/C19H20N2O3S/c1-14-9-10-18(17-8-5-11-20-19(14)17)25(22,23)21(2)13-15-6-4-7-16(12-15)24-3/h4-12H,13H2,1-3H3. The van der Waals surface area contributed by atoms with E-state index < -0.39 is 10.0 Å². The number of aromatic nitrogens is 1. The topological polar surface area (TPSA) is 59.5 Å². The second-order valence-corrected chi connectivity index (χ2v) is 7.91.